The van der Waals surface area contributed by atoms with Gasteiger partial charge in [0.15, 0.2) is 0 Å². The van der Waals surface area contributed by atoms with Crippen LogP contribution in [0.2, 0.25) is 0 Å². The van der Waals surface area contributed by atoms with E-state index < -0.39 is 24.0 Å². The molecule has 3 atom stereocenters. The Bertz CT molecular complexity index is 449. The number of aliphatic hydroxyl groups is 1. The predicted octanol–water partition coefficient (Wildman–Crippen LogP) is 2.46. The lowest BCUT2D eigenvalue weighted by Crippen LogP contribution is -2.28. The number of rotatable bonds is 5. The van der Waals surface area contributed by atoms with Gasteiger partial charge in [-0.25, -0.2) is 4.39 Å². The van der Waals surface area contributed by atoms with E-state index in [9.17, 15) is 17.6 Å². The molecule has 1 aliphatic rings. The predicted molar refractivity (Wildman–Crippen MR) is 68.5 cm³/mol. The standard InChI is InChI=1S/C14H17F4NO2/c15-12-7-11(8-19-5-6-20)21-13(12)9-1-3-10(4-2-9)14(16,17)18/h1-4,11-13,19-20H,5-8H2/t11-,12+,13-/m0/s1. The molecular formula is C14H17F4NO2. The maximum Gasteiger partial charge on any atom is 0.416 e. The molecule has 1 fully saturated rings. The van der Waals surface area contributed by atoms with Crippen LogP contribution in [-0.4, -0.2) is 37.1 Å². The van der Waals surface area contributed by atoms with E-state index in [4.69, 9.17) is 9.84 Å². The number of hydrogen-bond donors (Lipinski definition) is 2. The Morgan fingerprint density at radius 1 is 1.24 bits per heavy atom. The Morgan fingerprint density at radius 3 is 2.48 bits per heavy atom. The molecule has 3 nitrogen and oxygen atoms in total. The Kier molecular flexibility index (Phi) is 5.18. The molecule has 1 heterocycles. The molecule has 0 aromatic heterocycles. The Balaban J connectivity index is 1.98. The van der Waals surface area contributed by atoms with Crippen LogP contribution in [0.15, 0.2) is 24.3 Å². The lowest BCUT2D eigenvalue weighted by atomic mass is 10.0. The molecule has 0 unspecified atom stereocenters. The minimum atomic E-state index is -4.40. The Morgan fingerprint density at radius 2 is 1.90 bits per heavy atom. The van der Waals surface area contributed by atoms with Crippen molar-refractivity contribution in [2.45, 2.75) is 31.0 Å². The van der Waals surface area contributed by atoms with Gasteiger partial charge in [-0.3, -0.25) is 0 Å². The number of aliphatic hydroxyl groups excluding tert-OH is 1. The second-order valence-corrected chi connectivity index (χ2v) is 4.98. The number of hydrogen-bond acceptors (Lipinski definition) is 3. The van der Waals surface area contributed by atoms with Gasteiger partial charge in [0.1, 0.15) is 12.3 Å². The first-order chi connectivity index (χ1) is 9.91. The number of benzene rings is 1. The van der Waals surface area contributed by atoms with E-state index in [-0.39, 0.29) is 19.1 Å². The van der Waals surface area contributed by atoms with Gasteiger partial charge in [-0.2, -0.15) is 13.2 Å². The third-order valence-electron chi connectivity index (χ3n) is 3.38. The number of alkyl halides is 4. The molecule has 1 aromatic rings. The fraction of sp³-hybridized carbons (Fsp3) is 0.571. The Hall–Kier alpha value is -1.18. The number of nitrogens with one attached hydrogen (secondary N) is 1. The van der Waals surface area contributed by atoms with Crippen molar-refractivity contribution in [3.63, 3.8) is 0 Å². The molecule has 0 radical (unpaired) electrons. The van der Waals surface area contributed by atoms with Crippen molar-refractivity contribution < 1.29 is 27.4 Å². The average molecular weight is 307 g/mol. The number of ether oxygens (including phenoxy) is 1. The summed E-state index contributed by atoms with van der Waals surface area (Å²) in [7, 11) is 0. The third-order valence-corrected chi connectivity index (χ3v) is 3.38. The van der Waals surface area contributed by atoms with Crippen molar-refractivity contribution in [2.24, 2.45) is 0 Å². The van der Waals surface area contributed by atoms with Gasteiger partial charge in [-0.15, -0.1) is 0 Å². The lowest BCUT2D eigenvalue weighted by Gasteiger charge is -2.16. The van der Waals surface area contributed by atoms with E-state index in [2.05, 4.69) is 5.32 Å². The molecule has 0 aliphatic carbocycles. The summed E-state index contributed by atoms with van der Waals surface area (Å²) in [4.78, 5) is 0. The van der Waals surface area contributed by atoms with Crippen LogP contribution in [0.1, 0.15) is 23.7 Å². The van der Waals surface area contributed by atoms with Gasteiger partial charge in [-0.1, -0.05) is 12.1 Å². The summed E-state index contributed by atoms with van der Waals surface area (Å²) in [6.07, 6.45) is -6.65. The fourth-order valence-corrected chi connectivity index (χ4v) is 2.35. The van der Waals surface area contributed by atoms with Crippen molar-refractivity contribution >= 4 is 0 Å². The maximum atomic E-state index is 13.9. The van der Waals surface area contributed by atoms with Crippen molar-refractivity contribution in [1.29, 1.82) is 0 Å². The van der Waals surface area contributed by atoms with Crippen LogP contribution in [0.25, 0.3) is 0 Å². The highest BCUT2D eigenvalue weighted by molar-refractivity contribution is 5.27. The van der Waals surface area contributed by atoms with Crippen molar-refractivity contribution in [3.05, 3.63) is 35.4 Å². The second kappa shape index (κ2) is 6.72. The monoisotopic (exact) mass is 307 g/mol. The molecule has 1 aliphatic heterocycles. The van der Waals surface area contributed by atoms with Gasteiger partial charge >= 0.3 is 6.18 Å². The molecule has 1 saturated heterocycles. The fourth-order valence-electron chi connectivity index (χ4n) is 2.35. The van der Waals surface area contributed by atoms with Gasteiger partial charge in [0.25, 0.3) is 0 Å². The molecule has 1 aromatic carbocycles. The van der Waals surface area contributed by atoms with E-state index >= 15 is 0 Å². The van der Waals surface area contributed by atoms with Crippen molar-refractivity contribution in [2.75, 3.05) is 19.7 Å². The topological polar surface area (TPSA) is 41.5 Å². The second-order valence-electron chi connectivity index (χ2n) is 4.98. The highest BCUT2D eigenvalue weighted by atomic mass is 19.4. The molecule has 0 spiro atoms. The molecule has 2 rings (SSSR count). The van der Waals surface area contributed by atoms with E-state index in [1.165, 1.54) is 12.1 Å². The van der Waals surface area contributed by atoms with E-state index in [0.29, 0.717) is 18.7 Å². The normalized spacial score (nSPS) is 26.2. The summed E-state index contributed by atoms with van der Waals surface area (Å²) >= 11 is 0. The Labute approximate surface area is 119 Å². The summed E-state index contributed by atoms with van der Waals surface area (Å²) in [6, 6.07) is 4.37. The van der Waals surface area contributed by atoms with Crippen LogP contribution in [0.4, 0.5) is 17.6 Å². The van der Waals surface area contributed by atoms with Crippen LogP contribution >= 0.6 is 0 Å². The molecular weight excluding hydrogens is 290 g/mol. The summed E-state index contributed by atoms with van der Waals surface area (Å²) in [5, 5.41) is 11.6. The molecule has 21 heavy (non-hydrogen) atoms. The zero-order valence-corrected chi connectivity index (χ0v) is 11.2. The zero-order chi connectivity index (χ0) is 15.5. The van der Waals surface area contributed by atoms with Crippen LogP contribution in [-0.2, 0) is 10.9 Å². The number of halogens is 4. The van der Waals surface area contributed by atoms with Gasteiger partial charge in [-0.05, 0) is 17.7 Å². The molecule has 0 saturated carbocycles. The van der Waals surface area contributed by atoms with Gasteiger partial charge in [0.2, 0.25) is 0 Å². The highest BCUT2D eigenvalue weighted by Crippen LogP contribution is 2.36. The van der Waals surface area contributed by atoms with E-state index in [0.717, 1.165) is 12.1 Å². The molecule has 0 bridgehead atoms. The minimum absolute atomic E-state index is 0.0197. The minimum Gasteiger partial charge on any atom is -0.395 e. The van der Waals surface area contributed by atoms with Gasteiger partial charge in [0.05, 0.1) is 18.3 Å². The molecule has 7 heteroatoms. The zero-order valence-electron chi connectivity index (χ0n) is 11.2. The quantitative estimate of drug-likeness (QED) is 0.648. The summed E-state index contributed by atoms with van der Waals surface area (Å²) < 4.78 is 56.9. The first-order valence-electron chi connectivity index (χ1n) is 6.70. The van der Waals surface area contributed by atoms with Crippen molar-refractivity contribution in [1.82, 2.24) is 5.32 Å². The first kappa shape index (κ1) is 16.2. The first-order valence-corrected chi connectivity index (χ1v) is 6.70. The smallest absolute Gasteiger partial charge is 0.395 e. The van der Waals surface area contributed by atoms with Crippen LogP contribution < -0.4 is 5.32 Å². The van der Waals surface area contributed by atoms with Gasteiger partial charge < -0.3 is 15.2 Å². The van der Waals surface area contributed by atoms with Crippen molar-refractivity contribution in [3.8, 4) is 0 Å². The summed E-state index contributed by atoms with van der Waals surface area (Å²) in [5.74, 6) is 0. The average Bonchev–Trinajstić information content (AvgIpc) is 2.79. The van der Waals surface area contributed by atoms with E-state index in [1.54, 1.807) is 0 Å². The van der Waals surface area contributed by atoms with Crippen LogP contribution in [0.5, 0.6) is 0 Å². The maximum absolute atomic E-state index is 13.9. The SMILES string of the molecule is OCCNC[C@@H]1C[C@@H](F)[C@H](c2ccc(C(F)(F)F)cc2)O1. The lowest BCUT2D eigenvalue weighted by molar-refractivity contribution is -0.137. The van der Waals surface area contributed by atoms with E-state index in [1.807, 2.05) is 0 Å². The van der Waals surface area contributed by atoms with Crippen LogP contribution in [0, 0.1) is 0 Å². The molecule has 118 valence electrons. The van der Waals surface area contributed by atoms with Crippen LogP contribution in [0.3, 0.4) is 0 Å². The van der Waals surface area contributed by atoms with Gasteiger partial charge in [0, 0.05) is 19.5 Å². The largest absolute Gasteiger partial charge is 0.416 e. The molecule has 2 N–H and O–H groups in total. The third kappa shape index (κ3) is 4.15. The summed E-state index contributed by atoms with van der Waals surface area (Å²) in [6.45, 7) is 0.772. The highest BCUT2D eigenvalue weighted by Gasteiger charge is 2.37. The summed E-state index contributed by atoms with van der Waals surface area (Å²) in [5.41, 5.74) is -0.360. The molecule has 0 amide bonds.